The fourth-order valence-electron chi connectivity index (χ4n) is 1.95. The Kier molecular flexibility index (Phi) is 4.23. The second-order valence-corrected chi connectivity index (χ2v) is 7.34. The van der Waals surface area contributed by atoms with E-state index in [1.165, 1.54) is 25.3 Å². The Hall–Kier alpha value is -0.670. The van der Waals surface area contributed by atoms with E-state index in [1.807, 2.05) is 22.7 Å². The van der Waals surface area contributed by atoms with Crippen LogP contribution in [-0.2, 0) is 6.42 Å². The first-order chi connectivity index (χ1) is 8.52. The lowest BCUT2D eigenvalue weighted by molar-refractivity contribution is 0.856. The molecule has 0 bridgehead atoms. The third-order valence-electron chi connectivity index (χ3n) is 2.99. The van der Waals surface area contributed by atoms with Gasteiger partial charge in [-0.15, -0.1) is 22.7 Å². The molecule has 2 heterocycles. The van der Waals surface area contributed by atoms with Crippen molar-refractivity contribution in [1.82, 2.24) is 4.98 Å². The maximum absolute atomic E-state index is 4.82. The monoisotopic (exact) mass is 279 g/mol. The molecule has 2 aromatic heterocycles. The molecule has 0 aliphatic carbocycles. The van der Waals surface area contributed by atoms with E-state index >= 15 is 0 Å². The van der Waals surface area contributed by atoms with Gasteiger partial charge in [0.15, 0.2) is 0 Å². The molecule has 0 unspecified atom stereocenters. The van der Waals surface area contributed by atoms with Gasteiger partial charge in [-0.1, -0.05) is 34.6 Å². The average molecular weight is 279 g/mol. The third kappa shape index (κ3) is 2.67. The van der Waals surface area contributed by atoms with Crippen molar-refractivity contribution in [2.45, 2.75) is 52.9 Å². The minimum atomic E-state index is 0.579. The van der Waals surface area contributed by atoms with Gasteiger partial charge in [-0.2, -0.15) is 0 Å². The fourth-order valence-corrected chi connectivity index (χ4v) is 4.17. The molecule has 0 amide bonds. The summed E-state index contributed by atoms with van der Waals surface area (Å²) in [5, 5.41) is 1.20. The van der Waals surface area contributed by atoms with E-state index in [9.17, 15) is 0 Å². The highest BCUT2D eigenvalue weighted by Gasteiger charge is 2.15. The summed E-state index contributed by atoms with van der Waals surface area (Å²) in [4.78, 5) is 9.05. The standard InChI is InChI=1S/C15H21NS2/c1-6-11-14(10(4)5)18-15(16-11)13-8-7-12(17-13)9(2)3/h7-10H,6H2,1-5H3. The lowest BCUT2D eigenvalue weighted by atomic mass is 10.1. The number of nitrogens with zero attached hydrogens (tertiary/aromatic N) is 1. The molecule has 3 heteroatoms. The maximum atomic E-state index is 4.82. The van der Waals surface area contributed by atoms with Crippen molar-refractivity contribution in [3.63, 3.8) is 0 Å². The van der Waals surface area contributed by atoms with Crippen molar-refractivity contribution in [3.05, 3.63) is 27.6 Å². The molecule has 0 N–H and O–H groups in total. The van der Waals surface area contributed by atoms with E-state index in [1.54, 1.807) is 0 Å². The van der Waals surface area contributed by atoms with Crippen LogP contribution in [0.25, 0.3) is 9.88 Å². The van der Waals surface area contributed by atoms with Crippen LogP contribution in [0.15, 0.2) is 12.1 Å². The normalized spacial score (nSPS) is 11.7. The summed E-state index contributed by atoms with van der Waals surface area (Å²) in [6.07, 6.45) is 1.03. The zero-order valence-electron chi connectivity index (χ0n) is 11.8. The van der Waals surface area contributed by atoms with Crippen molar-refractivity contribution < 1.29 is 0 Å². The van der Waals surface area contributed by atoms with Gasteiger partial charge in [0.25, 0.3) is 0 Å². The summed E-state index contributed by atoms with van der Waals surface area (Å²) >= 11 is 3.76. The fraction of sp³-hybridized carbons (Fsp3) is 0.533. The van der Waals surface area contributed by atoms with E-state index < -0.39 is 0 Å². The largest absolute Gasteiger partial charge is 0.240 e. The number of aromatic nitrogens is 1. The minimum absolute atomic E-state index is 0.579. The summed E-state index contributed by atoms with van der Waals surface area (Å²) in [6, 6.07) is 4.47. The van der Waals surface area contributed by atoms with Crippen molar-refractivity contribution in [2.75, 3.05) is 0 Å². The predicted molar refractivity (Wildman–Crippen MR) is 83.0 cm³/mol. The molecule has 0 aliphatic rings. The Balaban J connectivity index is 2.38. The quantitative estimate of drug-likeness (QED) is 0.701. The number of thiazole rings is 1. The molecule has 98 valence electrons. The SMILES string of the molecule is CCc1nc(-c2ccc(C(C)C)s2)sc1C(C)C. The van der Waals surface area contributed by atoms with Gasteiger partial charge in [-0.3, -0.25) is 0 Å². The van der Waals surface area contributed by atoms with Gasteiger partial charge >= 0.3 is 0 Å². The van der Waals surface area contributed by atoms with Crippen LogP contribution in [0.3, 0.4) is 0 Å². The number of aryl methyl sites for hydroxylation is 1. The first-order valence-corrected chi connectivity index (χ1v) is 8.25. The Bertz CT molecular complexity index is 520. The summed E-state index contributed by atoms with van der Waals surface area (Å²) in [6.45, 7) is 11.2. The molecule has 0 aliphatic heterocycles. The lowest BCUT2D eigenvalue weighted by Crippen LogP contribution is -1.89. The molecular formula is C15H21NS2. The Morgan fingerprint density at radius 1 is 1.06 bits per heavy atom. The molecule has 0 atom stereocenters. The van der Waals surface area contributed by atoms with E-state index in [0.717, 1.165) is 6.42 Å². The summed E-state index contributed by atoms with van der Waals surface area (Å²) in [5.74, 6) is 1.19. The Morgan fingerprint density at radius 3 is 2.22 bits per heavy atom. The second kappa shape index (κ2) is 5.54. The van der Waals surface area contributed by atoms with Crippen LogP contribution in [0.5, 0.6) is 0 Å². The van der Waals surface area contributed by atoms with E-state index in [0.29, 0.717) is 11.8 Å². The molecule has 2 aromatic rings. The van der Waals surface area contributed by atoms with Crippen molar-refractivity contribution >= 4 is 22.7 Å². The van der Waals surface area contributed by atoms with E-state index in [2.05, 4.69) is 46.8 Å². The second-order valence-electron chi connectivity index (χ2n) is 5.19. The van der Waals surface area contributed by atoms with Crippen LogP contribution >= 0.6 is 22.7 Å². The predicted octanol–water partition coefficient (Wildman–Crippen LogP) is 5.68. The highest BCUT2D eigenvalue weighted by atomic mass is 32.1. The van der Waals surface area contributed by atoms with Crippen molar-refractivity contribution in [1.29, 1.82) is 0 Å². The molecule has 0 spiro atoms. The average Bonchev–Trinajstić information content (AvgIpc) is 2.95. The lowest BCUT2D eigenvalue weighted by Gasteiger charge is -2.01. The van der Waals surface area contributed by atoms with Crippen LogP contribution in [0.1, 0.15) is 61.9 Å². The zero-order valence-corrected chi connectivity index (χ0v) is 13.4. The highest BCUT2D eigenvalue weighted by molar-refractivity contribution is 7.22. The van der Waals surface area contributed by atoms with E-state index in [-0.39, 0.29) is 0 Å². The number of thiophene rings is 1. The van der Waals surface area contributed by atoms with Gasteiger partial charge in [0.2, 0.25) is 0 Å². The molecule has 0 fully saturated rings. The molecule has 0 radical (unpaired) electrons. The van der Waals surface area contributed by atoms with Crippen molar-refractivity contribution in [2.24, 2.45) is 0 Å². The van der Waals surface area contributed by atoms with Gasteiger partial charge in [0, 0.05) is 9.75 Å². The van der Waals surface area contributed by atoms with Gasteiger partial charge in [0.1, 0.15) is 5.01 Å². The highest BCUT2D eigenvalue weighted by Crippen LogP contribution is 2.37. The Morgan fingerprint density at radius 2 is 1.78 bits per heavy atom. The number of hydrogen-bond donors (Lipinski definition) is 0. The van der Waals surface area contributed by atoms with Crippen LogP contribution in [0.2, 0.25) is 0 Å². The zero-order chi connectivity index (χ0) is 13.3. The summed E-state index contributed by atoms with van der Waals surface area (Å²) < 4.78 is 0. The smallest absolute Gasteiger partial charge is 0.133 e. The minimum Gasteiger partial charge on any atom is -0.240 e. The topological polar surface area (TPSA) is 12.9 Å². The van der Waals surface area contributed by atoms with Gasteiger partial charge in [-0.25, -0.2) is 4.98 Å². The number of hydrogen-bond acceptors (Lipinski definition) is 3. The maximum Gasteiger partial charge on any atom is 0.133 e. The molecule has 0 aromatic carbocycles. The van der Waals surface area contributed by atoms with Gasteiger partial charge in [-0.05, 0) is 30.4 Å². The first kappa shape index (κ1) is 13.8. The van der Waals surface area contributed by atoms with Crippen molar-refractivity contribution in [3.8, 4) is 9.88 Å². The molecule has 2 rings (SSSR count). The molecule has 1 nitrogen and oxygen atoms in total. The molecule has 0 saturated carbocycles. The van der Waals surface area contributed by atoms with Crippen LogP contribution in [0, 0.1) is 0 Å². The Labute approximate surface area is 118 Å². The van der Waals surface area contributed by atoms with Crippen LogP contribution in [-0.4, -0.2) is 4.98 Å². The van der Waals surface area contributed by atoms with E-state index in [4.69, 9.17) is 4.98 Å². The van der Waals surface area contributed by atoms with Gasteiger partial charge < -0.3 is 0 Å². The molecular weight excluding hydrogens is 258 g/mol. The molecule has 18 heavy (non-hydrogen) atoms. The number of rotatable bonds is 4. The summed E-state index contributed by atoms with van der Waals surface area (Å²) in [5.41, 5.74) is 1.28. The van der Waals surface area contributed by atoms with Crippen LogP contribution < -0.4 is 0 Å². The molecule has 0 saturated heterocycles. The summed E-state index contributed by atoms with van der Waals surface area (Å²) in [7, 11) is 0. The van der Waals surface area contributed by atoms with Crippen LogP contribution in [0.4, 0.5) is 0 Å². The van der Waals surface area contributed by atoms with Gasteiger partial charge in [0.05, 0.1) is 10.6 Å². The third-order valence-corrected chi connectivity index (χ3v) is 5.95. The first-order valence-electron chi connectivity index (χ1n) is 6.62.